The molecule has 0 radical (unpaired) electrons. The SMILES string of the molecule is CCOC1CCN(/C(N)=N/C(N)=Nc2ccc(C(F)(F)F)cc2)CC1. The minimum absolute atomic E-state index is 0.107. The number of hydrogen-bond donors (Lipinski definition) is 2. The normalized spacial score (nSPS) is 17.8. The third-order valence-corrected chi connectivity index (χ3v) is 3.84. The maximum atomic E-state index is 12.5. The van der Waals surface area contributed by atoms with E-state index in [9.17, 15) is 13.2 Å². The summed E-state index contributed by atoms with van der Waals surface area (Å²) in [6, 6.07) is 4.35. The molecule has 1 saturated heterocycles. The molecule has 0 amide bonds. The van der Waals surface area contributed by atoms with Crippen LogP contribution in [0.2, 0.25) is 0 Å². The Kier molecular flexibility index (Phi) is 6.24. The fourth-order valence-corrected chi connectivity index (χ4v) is 2.56. The number of ether oxygens (including phenoxy) is 1. The molecule has 6 nitrogen and oxygen atoms in total. The first kappa shape index (κ1) is 19.0. The van der Waals surface area contributed by atoms with Gasteiger partial charge in [0, 0.05) is 19.7 Å². The fraction of sp³-hybridized carbons (Fsp3) is 0.500. The van der Waals surface area contributed by atoms with Crippen molar-refractivity contribution in [1.29, 1.82) is 0 Å². The predicted molar refractivity (Wildman–Crippen MR) is 90.6 cm³/mol. The Morgan fingerprint density at radius 1 is 1.20 bits per heavy atom. The van der Waals surface area contributed by atoms with Crippen molar-refractivity contribution in [3.05, 3.63) is 29.8 Å². The molecule has 0 atom stereocenters. The van der Waals surface area contributed by atoms with E-state index in [0.717, 1.165) is 25.0 Å². The standard InChI is InChI=1S/C16H22F3N5O/c1-2-25-13-7-9-24(10-8-13)15(21)23-14(20)22-12-5-3-11(4-6-12)16(17,18)19/h3-6,13H,2,7-10H2,1H3,(H4,20,21,22,23). The quantitative estimate of drug-likeness (QED) is 0.642. The van der Waals surface area contributed by atoms with E-state index in [1.165, 1.54) is 12.1 Å². The van der Waals surface area contributed by atoms with E-state index in [4.69, 9.17) is 16.2 Å². The molecule has 0 unspecified atom stereocenters. The van der Waals surface area contributed by atoms with Crippen LogP contribution < -0.4 is 11.5 Å². The maximum absolute atomic E-state index is 12.5. The number of nitrogens with zero attached hydrogens (tertiary/aromatic N) is 3. The summed E-state index contributed by atoms with van der Waals surface area (Å²) in [4.78, 5) is 9.87. The van der Waals surface area contributed by atoms with Gasteiger partial charge < -0.3 is 21.1 Å². The van der Waals surface area contributed by atoms with Crippen LogP contribution in [0.5, 0.6) is 0 Å². The van der Waals surface area contributed by atoms with Gasteiger partial charge >= 0.3 is 6.18 Å². The first-order chi connectivity index (χ1) is 11.8. The van der Waals surface area contributed by atoms with Crippen LogP contribution in [0.25, 0.3) is 0 Å². The fourth-order valence-electron chi connectivity index (χ4n) is 2.56. The van der Waals surface area contributed by atoms with Crippen molar-refractivity contribution in [1.82, 2.24) is 4.90 Å². The van der Waals surface area contributed by atoms with Crippen LogP contribution in [0.3, 0.4) is 0 Å². The lowest BCUT2D eigenvalue weighted by Crippen LogP contribution is -2.45. The number of likely N-dealkylation sites (tertiary alicyclic amines) is 1. The van der Waals surface area contributed by atoms with Gasteiger partial charge in [0.15, 0.2) is 5.96 Å². The zero-order valence-electron chi connectivity index (χ0n) is 14.0. The summed E-state index contributed by atoms with van der Waals surface area (Å²) >= 11 is 0. The molecule has 0 aliphatic carbocycles. The van der Waals surface area contributed by atoms with Crippen LogP contribution in [0.4, 0.5) is 18.9 Å². The van der Waals surface area contributed by atoms with Crippen LogP contribution >= 0.6 is 0 Å². The van der Waals surface area contributed by atoms with Crippen LogP contribution in [0.15, 0.2) is 34.3 Å². The van der Waals surface area contributed by atoms with E-state index < -0.39 is 11.7 Å². The molecule has 9 heteroatoms. The number of piperidine rings is 1. The predicted octanol–water partition coefficient (Wildman–Crippen LogP) is 2.47. The molecule has 1 aliphatic rings. The second-order valence-corrected chi connectivity index (χ2v) is 5.63. The van der Waals surface area contributed by atoms with Crippen molar-refractivity contribution in [2.75, 3.05) is 19.7 Å². The Labute approximate surface area is 144 Å². The number of rotatable bonds is 3. The van der Waals surface area contributed by atoms with E-state index in [1.54, 1.807) is 0 Å². The third-order valence-electron chi connectivity index (χ3n) is 3.84. The minimum atomic E-state index is -4.38. The average Bonchev–Trinajstić information content (AvgIpc) is 2.55. The van der Waals surface area contributed by atoms with Crippen molar-refractivity contribution < 1.29 is 17.9 Å². The number of benzene rings is 1. The van der Waals surface area contributed by atoms with E-state index >= 15 is 0 Å². The second-order valence-electron chi connectivity index (χ2n) is 5.63. The van der Waals surface area contributed by atoms with Gasteiger partial charge in [0.05, 0.1) is 17.4 Å². The average molecular weight is 357 g/mol. The molecule has 0 saturated carbocycles. The van der Waals surface area contributed by atoms with Crippen LogP contribution in [0.1, 0.15) is 25.3 Å². The highest BCUT2D eigenvalue weighted by molar-refractivity contribution is 5.94. The zero-order valence-corrected chi connectivity index (χ0v) is 14.0. The molecule has 138 valence electrons. The van der Waals surface area contributed by atoms with E-state index in [1.807, 2.05) is 11.8 Å². The third kappa shape index (κ3) is 5.63. The summed E-state index contributed by atoms with van der Waals surface area (Å²) in [5.74, 6) is 0.132. The summed E-state index contributed by atoms with van der Waals surface area (Å²) in [6.07, 6.45) is -2.46. The molecular formula is C16H22F3N5O. The van der Waals surface area contributed by atoms with E-state index in [-0.39, 0.29) is 23.7 Å². The van der Waals surface area contributed by atoms with Gasteiger partial charge in [-0.1, -0.05) is 0 Å². The van der Waals surface area contributed by atoms with Crippen LogP contribution in [-0.4, -0.2) is 42.6 Å². The summed E-state index contributed by atoms with van der Waals surface area (Å²) in [7, 11) is 0. The number of aliphatic imine (C=N–C) groups is 2. The number of halogens is 3. The molecule has 4 N–H and O–H groups in total. The molecule has 0 spiro atoms. The largest absolute Gasteiger partial charge is 0.416 e. The highest BCUT2D eigenvalue weighted by Crippen LogP contribution is 2.30. The molecule has 1 fully saturated rings. The summed E-state index contributed by atoms with van der Waals surface area (Å²) in [5.41, 5.74) is 11.2. The molecule has 1 aliphatic heterocycles. The van der Waals surface area contributed by atoms with Crippen molar-refractivity contribution >= 4 is 17.6 Å². The molecule has 1 heterocycles. The van der Waals surface area contributed by atoms with Crippen LogP contribution in [-0.2, 0) is 10.9 Å². The van der Waals surface area contributed by atoms with Crippen molar-refractivity contribution in [3.63, 3.8) is 0 Å². The number of alkyl halides is 3. The van der Waals surface area contributed by atoms with Crippen molar-refractivity contribution in [2.24, 2.45) is 21.5 Å². The Morgan fingerprint density at radius 2 is 1.80 bits per heavy atom. The van der Waals surface area contributed by atoms with Gasteiger partial charge in [-0.05, 0) is 44.0 Å². The van der Waals surface area contributed by atoms with Gasteiger partial charge in [-0.25, -0.2) is 4.99 Å². The monoisotopic (exact) mass is 357 g/mol. The lowest BCUT2D eigenvalue weighted by atomic mass is 10.1. The Bertz CT molecular complexity index is 620. The molecule has 1 aromatic carbocycles. The number of guanidine groups is 2. The maximum Gasteiger partial charge on any atom is 0.416 e. The topological polar surface area (TPSA) is 89.2 Å². The van der Waals surface area contributed by atoms with Gasteiger partial charge in [0.1, 0.15) is 0 Å². The molecular weight excluding hydrogens is 335 g/mol. The molecule has 2 rings (SSSR count). The Balaban J connectivity index is 1.98. The van der Waals surface area contributed by atoms with Crippen molar-refractivity contribution in [3.8, 4) is 0 Å². The van der Waals surface area contributed by atoms with Crippen molar-refractivity contribution in [2.45, 2.75) is 32.0 Å². The summed E-state index contributed by atoms with van der Waals surface area (Å²) < 4.78 is 43.1. The van der Waals surface area contributed by atoms with E-state index in [2.05, 4.69) is 9.98 Å². The van der Waals surface area contributed by atoms with Gasteiger partial charge in [-0.2, -0.15) is 18.2 Å². The number of nitrogens with two attached hydrogens (primary N) is 2. The highest BCUT2D eigenvalue weighted by atomic mass is 19.4. The van der Waals surface area contributed by atoms with Gasteiger partial charge in [-0.15, -0.1) is 0 Å². The summed E-state index contributed by atoms with van der Waals surface area (Å²) in [6.45, 7) is 4.04. The first-order valence-electron chi connectivity index (χ1n) is 8.01. The lowest BCUT2D eigenvalue weighted by Gasteiger charge is -2.32. The summed E-state index contributed by atoms with van der Waals surface area (Å²) in [5, 5.41) is 0. The molecule has 1 aromatic rings. The first-order valence-corrected chi connectivity index (χ1v) is 8.01. The molecule has 25 heavy (non-hydrogen) atoms. The highest BCUT2D eigenvalue weighted by Gasteiger charge is 2.29. The smallest absolute Gasteiger partial charge is 0.378 e. The van der Waals surface area contributed by atoms with Gasteiger partial charge in [0.25, 0.3) is 0 Å². The van der Waals surface area contributed by atoms with E-state index in [0.29, 0.717) is 19.7 Å². The Morgan fingerprint density at radius 3 is 2.32 bits per heavy atom. The Hall–Kier alpha value is -2.29. The minimum Gasteiger partial charge on any atom is -0.378 e. The second kappa shape index (κ2) is 8.19. The van der Waals surface area contributed by atoms with Gasteiger partial charge in [-0.3, -0.25) is 0 Å². The van der Waals surface area contributed by atoms with Gasteiger partial charge in [0.2, 0.25) is 5.96 Å². The lowest BCUT2D eigenvalue weighted by molar-refractivity contribution is -0.137. The molecule has 0 bridgehead atoms. The zero-order chi connectivity index (χ0) is 18.4. The number of hydrogen-bond acceptors (Lipinski definition) is 2. The molecule has 0 aromatic heterocycles. The van der Waals surface area contributed by atoms with Crippen LogP contribution in [0, 0.1) is 0 Å².